The van der Waals surface area contributed by atoms with E-state index in [1.165, 1.54) is 44.1 Å². The molecule has 2 heteroatoms. The van der Waals surface area contributed by atoms with E-state index in [0.29, 0.717) is 12.1 Å². The van der Waals surface area contributed by atoms with Crippen LogP contribution in [0.2, 0.25) is 0 Å². The Hall–Kier alpha value is -0.340. The van der Waals surface area contributed by atoms with Gasteiger partial charge >= 0.3 is 0 Å². The number of hydrogen-bond donors (Lipinski definition) is 1. The van der Waals surface area contributed by atoms with Crippen LogP contribution >= 0.6 is 11.3 Å². The van der Waals surface area contributed by atoms with Gasteiger partial charge in [0.25, 0.3) is 0 Å². The van der Waals surface area contributed by atoms with Crippen LogP contribution in [0.15, 0.2) is 16.8 Å². The van der Waals surface area contributed by atoms with Crippen molar-refractivity contribution >= 4 is 11.3 Å². The molecule has 1 aromatic heterocycles. The molecule has 0 amide bonds. The van der Waals surface area contributed by atoms with Gasteiger partial charge in [-0.05, 0) is 42.7 Å². The highest BCUT2D eigenvalue weighted by atomic mass is 32.1. The largest absolute Gasteiger partial charge is 0.308 e. The predicted octanol–water partition coefficient (Wildman–Crippen LogP) is 5.15. The monoisotopic (exact) mass is 253 g/mol. The summed E-state index contributed by atoms with van der Waals surface area (Å²) < 4.78 is 0. The van der Waals surface area contributed by atoms with E-state index in [-0.39, 0.29) is 0 Å². The first-order chi connectivity index (χ1) is 8.24. The second-order valence-corrected chi connectivity index (χ2v) is 5.83. The first kappa shape index (κ1) is 14.7. The highest BCUT2D eigenvalue weighted by molar-refractivity contribution is 7.07. The van der Waals surface area contributed by atoms with Gasteiger partial charge in [0.15, 0.2) is 0 Å². The Morgan fingerprint density at radius 3 is 2.59 bits per heavy atom. The molecule has 0 aliphatic carbocycles. The Balaban J connectivity index is 2.10. The number of hydrogen-bond acceptors (Lipinski definition) is 2. The molecule has 2 atom stereocenters. The second kappa shape index (κ2) is 8.71. The molecule has 0 saturated heterocycles. The summed E-state index contributed by atoms with van der Waals surface area (Å²) in [6, 6.07) is 3.34. The quantitative estimate of drug-likeness (QED) is 0.600. The van der Waals surface area contributed by atoms with Crippen molar-refractivity contribution in [1.82, 2.24) is 5.32 Å². The zero-order valence-electron chi connectivity index (χ0n) is 11.5. The van der Waals surface area contributed by atoms with Crippen molar-refractivity contribution in [3.8, 4) is 0 Å². The third kappa shape index (κ3) is 6.23. The van der Waals surface area contributed by atoms with Crippen molar-refractivity contribution in [2.75, 3.05) is 0 Å². The summed E-state index contributed by atoms with van der Waals surface area (Å²) in [6.45, 7) is 6.84. The van der Waals surface area contributed by atoms with Gasteiger partial charge in [-0.15, -0.1) is 0 Å². The Morgan fingerprint density at radius 2 is 1.94 bits per heavy atom. The lowest BCUT2D eigenvalue weighted by molar-refractivity contribution is 0.437. The minimum atomic E-state index is 0.492. The highest BCUT2D eigenvalue weighted by Gasteiger charge is 2.09. The maximum atomic E-state index is 3.68. The first-order valence-electron chi connectivity index (χ1n) is 7.02. The van der Waals surface area contributed by atoms with Gasteiger partial charge < -0.3 is 5.32 Å². The molecule has 0 spiro atoms. The Kier molecular flexibility index (Phi) is 7.54. The van der Waals surface area contributed by atoms with E-state index in [4.69, 9.17) is 0 Å². The van der Waals surface area contributed by atoms with E-state index in [1.807, 2.05) is 0 Å². The van der Waals surface area contributed by atoms with E-state index in [9.17, 15) is 0 Å². The average Bonchev–Trinajstić information content (AvgIpc) is 2.82. The van der Waals surface area contributed by atoms with E-state index in [0.717, 1.165) is 0 Å². The van der Waals surface area contributed by atoms with Crippen LogP contribution in [0.4, 0.5) is 0 Å². The lowest BCUT2D eigenvalue weighted by atomic mass is 10.1. The SMILES string of the molecule is CCCCCCCC(C)NC(C)c1ccsc1. The minimum absolute atomic E-state index is 0.492. The summed E-state index contributed by atoms with van der Waals surface area (Å²) in [6.07, 6.45) is 8.20. The molecule has 17 heavy (non-hydrogen) atoms. The molecule has 1 rings (SSSR count). The molecule has 0 fully saturated rings. The zero-order valence-corrected chi connectivity index (χ0v) is 12.4. The summed E-state index contributed by atoms with van der Waals surface area (Å²) >= 11 is 1.78. The van der Waals surface area contributed by atoms with E-state index < -0.39 is 0 Å². The molecule has 0 saturated carbocycles. The molecule has 1 nitrogen and oxygen atoms in total. The van der Waals surface area contributed by atoms with Gasteiger partial charge in [-0.3, -0.25) is 0 Å². The van der Waals surface area contributed by atoms with Crippen LogP contribution < -0.4 is 5.32 Å². The maximum absolute atomic E-state index is 3.68. The van der Waals surface area contributed by atoms with Gasteiger partial charge in [-0.25, -0.2) is 0 Å². The van der Waals surface area contributed by atoms with Crippen molar-refractivity contribution in [1.29, 1.82) is 0 Å². The highest BCUT2D eigenvalue weighted by Crippen LogP contribution is 2.17. The topological polar surface area (TPSA) is 12.0 Å². The molecular formula is C15H27NS. The smallest absolute Gasteiger partial charge is 0.0302 e. The Morgan fingerprint density at radius 1 is 1.18 bits per heavy atom. The molecule has 0 aromatic carbocycles. The van der Waals surface area contributed by atoms with Crippen molar-refractivity contribution in [2.24, 2.45) is 0 Å². The predicted molar refractivity (Wildman–Crippen MR) is 78.7 cm³/mol. The van der Waals surface area contributed by atoms with E-state index >= 15 is 0 Å². The molecule has 0 radical (unpaired) electrons. The average molecular weight is 253 g/mol. The van der Waals surface area contributed by atoms with Crippen molar-refractivity contribution in [3.05, 3.63) is 22.4 Å². The second-order valence-electron chi connectivity index (χ2n) is 5.05. The van der Waals surface area contributed by atoms with Gasteiger partial charge in [-0.2, -0.15) is 11.3 Å². The standard InChI is InChI=1S/C15H27NS/c1-4-5-6-7-8-9-13(2)16-14(3)15-10-11-17-12-15/h10-14,16H,4-9H2,1-3H3. The van der Waals surface area contributed by atoms with E-state index in [2.05, 4.69) is 42.9 Å². The van der Waals surface area contributed by atoms with E-state index in [1.54, 1.807) is 11.3 Å². The van der Waals surface area contributed by atoms with Crippen LogP contribution in [-0.2, 0) is 0 Å². The number of thiophene rings is 1. The third-order valence-corrected chi connectivity index (χ3v) is 4.02. The summed E-state index contributed by atoms with van der Waals surface area (Å²) in [5.41, 5.74) is 1.42. The molecule has 98 valence electrons. The first-order valence-corrected chi connectivity index (χ1v) is 7.96. The Labute approximate surface area is 111 Å². The molecule has 1 heterocycles. The molecule has 2 unspecified atom stereocenters. The van der Waals surface area contributed by atoms with Crippen LogP contribution in [0.5, 0.6) is 0 Å². The number of rotatable bonds is 9. The molecule has 0 bridgehead atoms. The lowest BCUT2D eigenvalue weighted by Crippen LogP contribution is -2.28. The fourth-order valence-corrected chi connectivity index (χ4v) is 2.94. The normalized spacial score (nSPS) is 14.8. The van der Waals surface area contributed by atoms with Crippen LogP contribution in [0.3, 0.4) is 0 Å². The number of unbranched alkanes of at least 4 members (excludes halogenated alkanes) is 4. The summed E-state index contributed by atoms with van der Waals surface area (Å²) in [7, 11) is 0. The van der Waals surface area contributed by atoms with Crippen molar-refractivity contribution < 1.29 is 0 Å². The fraction of sp³-hybridized carbons (Fsp3) is 0.733. The molecule has 0 aliphatic rings. The van der Waals surface area contributed by atoms with Crippen LogP contribution in [-0.4, -0.2) is 6.04 Å². The van der Waals surface area contributed by atoms with Gasteiger partial charge in [0.1, 0.15) is 0 Å². The molecule has 1 aromatic rings. The fourth-order valence-electron chi connectivity index (χ4n) is 2.18. The lowest BCUT2D eigenvalue weighted by Gasteiger charge is -2.19. The molecule has 1 N–H and O–H groups in total. The summed E-state index contributed by atoms with van der Waals surface area (Å²) in [4.78, 5) is 0. The van der Waals surface area contributed by atoms with Crippen LogP contribution in [0.1, 0.15) is 70.9 Å². The van der Waals surface area contributed by atoms with Gasteiger partial charge in [0, 0.05) is 12.1 Å². The van der Waals surface area contributed by atoms with Gasteiger partial charge in [0.2, 0.25) is 0 Å². The molecule has 0 aliphatic heterocycles. The summed E-state index contributed by atoms with van der Waals surface area (Å²) in [5.74, 6) is 0. The minimum Gasteiger partial charge on any atom is -0.308 e. The van der Waals surface area contributed by atoms with Gasteiger partial charge in [-0.1, -0.05) is 39.0 Å². The zero-order chi connectivity index (χ0) is 12.5. The Bertz CT molecular complexity index is 268. The van der Waals surface area contributed by atoms with Gasteiger partial charge in [0.05, 0.1) is 0 Å². The summed E-state index contributed by atoms with van der Waals surface area (Å²) in [5, 5.41) is 8.08. The van der Waals surface area contributed by atoms with Crippen LogP contribution in [0.25, 0.3) is 0 Å². The van der Waals surface area contributed by atoms with Crippen molar-refractivity contribution in [3.63, 3.8) is 0 Å². The number of nitrogens with one attached hydrogen (secondary N) is 1. The van der Waals surface area contributed by atoms with Crippen LogP contribution in [0, 0.1) is 0 Å². The third-order valence-electron chi connectivity index (χ3n) is 3.32. The maximum Gasteiger partial charge on any atom is 0.0302 e. The van der Waals surface area contributed by atoms with Crippen molar-refractivity contribution in [2.45, 2.75) is 71.4 Å². The molecular weight excluding hydrogens is 226 g/mol.